The SMILES string of the molecule is [2H]C([2H])([2H])c1ccc(-c2cc(CC(C)C)ccn2)c2oc3c(-c4ccc(F)cc4)cccc3c12. The lowest BCUT2D eigenvalue weighted by atomic mass is 9.98. The summed E-state index contributed by atoms with van der Waals surface area (Å²) in [5.41, 5.74) is 5.51. The molecule has 31 heavy (non-hydrogen) atoms. The number of nitrogens with zero attached hydrogens (tertiary/aromatic N) is 1. The Morgan fingerprint density at radius 3 is 2.58 bits per heavy atom. The van der Waals surface area contributed by atoms with Gasteiger partial charge in [0, 0.05) is 32.2 Å². The molecule has 3 aromatic carbocycles. The largest absolute Gasteiger partial charge is 0.455 e. The second-order valence-corrected chi connectivity index (χ2v) is 8.30. The zero-order valence-electron chi connectivity index (χ0n) is 20.4. The minimum absolute atomic E-state index is 0.236. The smallest absolute Gasteiger partial charge is 0.145 e. The van der Waals surface area contributed by atoms with Crippen molar-refractivity contribution in [1.29, 1.82) is 0 Å². The van der Waals surface area contributed by atoms with Crippen LogP contribution in [0.4, 0.5) is 4.39 Å². The third-order valence-electron chi connectivity index (χ3n) is 5.55. The van der Waals surface area contributed by atoms with Gasteiger partial charge >= 0.3 is 0 Å². The number of para-hydroxylation sites is 1. The van der Waals surface area contributed by atoms with Crippen LogP contribution in [-0.2, 0) is 6.42 Å². The summed E-state index contributed by atoms with van der Waals surface area (Å²) >= 11 is 0. The van der Waals surface area contributed by atoms with E-state index >= 15 is 0 Å². The Morgan fingerprint density at radius 2 is 1.81 bits per heavy atom. The molecule has 154 valence electrons. The van der Waals surface area contributed by atoms with Crippen molar-refractivity contribution in [1.82, 2.24) is 4.98 Å². The van der Waals surface area contributed by atoms with Gasteiger partial charge in [-0.25, -0.2) is 4.39 Å². The van der Waals surface area contributed by atoms with E-state index in [9.17, 15) is 4.39 Å². The Hall–Kier alpha value is -3.46. The third-order valence-corrected chi connectivity index (χ3v) is 5.55. The van der Waals surface area contributed by atoms with Crippen molar-refractivity contribution in [2.24, 2.45) is 5.92 Å². The van der Waals surface area contributed by atoms with E-state index in [4.69, 9.17) is 8.53 Å². The highest BCUT2D eigenvalue weighted by atomic mass is 19.1. The molecule has 0 aliphatic heterocycles. The molecule has 5 rings (SSSR count). The minimum atomic E-state index is -2.31. The lowest BCUT2D eigenvalue weighted by Gasteiger charge is -2.08. The van der Waals surface area contributed by atoms with Crippen molar-refractivity contribution >= 4 is 21.9 Å². The highest BCUT2D eigenvalue weighted by Gasteiger charge is 2.18. The second kappa shape index (κ2) is 7.66. The van der Waals surface area contributed by atoms with Crippen LogP contribution in [0.3, 0.4) is 0 Å². The number of fused-ring (bicyclic) bond motifs is 3. The first-order valence-corrected chi connectivity index (χ1v) is 10.4. The Kier molecular flexibility index (Phi) is 4.02. The molecule has 2 nitrogen and oxygen atoms in total. The zero-order valence-corrected chi connectivity index (χ0v) is 17.4. The molecule has 0 aliphatic carbocycles. The molecule has 0 aliphatic rings. The second-order valence-electron chi connectivity index (χ2n) is 8.30. The Bertz CT molecular complexity index is 1500. The maximum absolute atomic E-state index is 13.5. The van der Waals surface area contributed by atoms with Gasteiger partial charge in [0.1, 0.15) is 17.0 Å². The predicted octanol–water partition coefficient (Wildman–Crippen LogP) is 7.96. The van der Waals surface area contributed by atoms with E-state index in [-0.39, 0.29) is 11.4 Å². The number of rotatable bonds is 4. The maximum atomic E-state index is 13.5. The predicted molar refractivity (Wildman–Crippen MR) is 126 cm³/mol. The van der Waals surface area contributed by atoms with Gasteiger partial charge < -0.3 is 4.42 Å². The van der Waals surface area contributed by atoms with Gasteiger partial charge in [0.2, 0.25) is 0 Å². The minimum Gasteiger partial charge on any atom is -0.455 e. The summed E-state index contributed by atoms with van der Waals surface area (Å²) in [5.74, 6) is 0.178. The Labute approximate surface area is 185 Å². The number of furan rings is 1. The van der Waals surface area contributed by atoms with Gasteiger partial charge in [0.15, 0.2) is 0 Å². The Morgan fingerprint density at radius 1 is 0.968 bits per heavy atom. The first-order valence-electron chi connectivity index (χ1n) is 11.9. The first kappa shape index (κ1) is 16.3. The van der Waals surface area contributed by atoms with Crippen molar-refractivity contribution in [2.75, 3.05) is 0 Å². The van der Waals surface area contributed by atoms with Crippen LogP contribution in [0.1, 0.15) is 29.1 Å². The molecule has 0 unspecified atom stereocenters. The first-order chi connectivity index (χ1) is 16.2. The van der Waals surface area contributed by atoms with Gasteiger partial charge in [-0.15, -0.1) is 0 Å². The summed E-state index contributed by atoms with van der Waals surface area (Å²) in [7, 11) is 0. The van der Waals surface area contributed by atoms with Gasteiger partial charge in [0.05, 0.1) is 5.69 Å². The van der Waals surface area contributed by atoms with Crippen molar-refractivity contribution in [2.45, 2.75) is 27.1 Å². The van der Waals surface area contributed by atoms with Crippen LogP contribution in [-0.4, -0.2) is 4.98 Å². The molecular weight excluding hydrogens is 385 g/mol. The molecular formula is C28H24FNO. The quantitative estimate of drug-likeness (QED) is 0.299. The van der Waals surface area contributed by atoms with E-state index in [1.807, 2.05) is 30.3 Å². The molecule has 0 N–H and O–H groups in total. The number of hydrogen-bond donors (Lipinski definition) is 0. The highest BCUT2D eigenvalue weighted by Crippen LogP contribution is 2.41. The molecule has 0 spiro atoms. The molecule has 0 bridgehead atoms. The normalized spacial score (nSPS) is 13.5. The topological polar surface area (TPSA) is 26.0 Å². The fourth-order valence-electron chi connectivity index (χ4n) is 4.18. The van der Waals surface area contributed by atoms with Crippen LogP contribution in [0.25, 0.3) is 44.3 Å². The van der Waals surface area contributed by atoms with Crippen molar-refractivity contribution in [3.05, 3.63) is 89.9 Å². The summed E-state index contributed by atoms with van der Waals surface area (Å²) in [6.07, 6.45) is 2.70. The molecule has 2 aromatic heterocycles. The van der Waals surface area contributed by atoms with Crippen LogP contribution in [0.5, 0.6) is 0 Å². The lowest BCUT2D eigenvalue weighted by Crippen LogP contribution is -1.95. The van der Waals surface area contributed by atoms with Crippen LogP contribution in [0.2, 0.25) is 0 Å². The van der Waals surface area contributed by atoms with Gasteiger partial charge in [0.25, 0.3) is 0 Å². The van der Waals surface area contributed by atoms with E-state index in [1.165, 1.54) is 12.1 Å². The molecule has 0 radical (unpaired) electrons. The van der Waals surface area contributed by atoms with Crippen molar-refractivity contribution < 1.29 is 12.9 Å². The van der Waals surface area contributed by atoms with Gasteiger partial charge in [-0.05, 0) is 66.2 Å². The molecule has 0 fully saturated rings. The van der Waals surface area contributed by atoms with Crippen LogP contribution < -0.4 is 0 Å². The molecule has 0 saturated carbocycles. The summed E-state index contributed by atoms with van der Waals surface area (Å²) in [6.45, 7) is 2.02. The van der Waals surface area contributed by atoms with Crippen molar-refractivity contribution in [3.8, 4) is 22.4 Å². The zero-order chi connectivity index (χ0) is 24.0. The molecule has 3 heteroatoms. The monoisotopic (exact) mass is 412 g/mol. The van der Waals surface area contributed by atoms with E-state index in [0.29, 0.717) is 27.9 Å². The van der Waals surface area contributed by atoms with Gasteiger partial charge in [-0.2, -0.15) is 0 Å². The number of hydrogen-bond acceptors (Lipinski definition) is 2. The van der Waals surface area contributed by atoms with Crippen LogP contribution in [0.15, 0.2) is 77.3 Å². The highest BCUT2D eigenvalue weighted by molar-refractivity contribution is 6.14. The Balaban J connectivity index is 1.82. The van der Waals surface area contributed by atoms with E-state index in [1.54, 1.807) is 30.5 Å². The lowest BCUT2D eigenvalue weighted by molar-refractivity contribution is 0.628. The number of benzene rings is 3. The fourth-order valence-corrected chi connectivity index (χ4v) is 4.18. The van der Waals surface area contributed by atoms with Crippen molar-refractivity contribution in [3.63, 3.8) is 0 Å². The van der Waals surface area contributed by atoms with Gasteiger partial charge in [-0.1, -0.05) is 50.2 Å². The van der Waals surface area contributed by atoms with E-state index < -0.39 is 6.85 Å². The third kappa shape index (κ3) is 3.50. The summed E-state index contributed by atoms with van der Waals surface area (Å²) in [6, 6.07) is 19.3. The summed E-state index contributed by atoms with van der Waals surface area (Å²) < 4.78 is 44.3. The molecule has 0 atom stereocenters. The number of aryl methyl sites for hydroxylation is 1. The summed E-state index contributed by atoms with van der Waals surface area (Å²) in [4.78, 5) is 4.58. The molecule has 5 aromatic rings. The average molecular weight is 413 g/mol. The van der Waals surface area contributed by atoms with E-state index in [0.717, 1.165) is 34.4 Å². The van der Waals surface area contributed by atoms with Crippen LogP contribution >= 0.6 is 0 Å². The average Bonchev–Trinajstić information content (AvgIpc) is 3.18. The summed E-state index contributed by atoms with van der Waals surface area (Å²) in [5, 5.41) is 1.27. The van der Waals surface area contributed by atoms with Gasteiger partial charge in [-0.3, -0.25) is 4.98 Å². The fraction of sp³-hybridized carbons (Fsp3) is 0.179. The van der Waals surface area contributed by atoms with E-state index in [2.05, 4.69) is 18.8 Å². The maximum Gasteiger partial charge on any atom is 0.145 e. The number of halogens is 1. The number of aromatic nitrogens is 1. The standard InChI is InChI=1S/C28H24FNO/c1-17(2)15-19-13-14-30-25(16-19)23-12-7-18(3)26-24-6-4-5-22(27(24)31-28(23)26)20-8-10-21(29)11-9-20/h4-14,16-17H,15H2,1-3H3/i3D3. The molecule has 0 amide bonds. The number of pyridine rings is 1. The molecule has 2 heterocycles. The van der Waals surface area contributed by atoms with Crippen LogP contribution in [0, 0.1) is 18.6 Å². The molecule has 0 saturated heterocycles.